The van der Waals surface area contributed by atoms with Gasteiger partial charge in [0, 0.05) is 18.2 Å². The summed E-state index contributed by atoms with van der Waals surface area (Å²) in [6, 6.07) is 10.5. The third kappa shape index (κ3) is 1.80. The molecule has 1 aromatic heterocycles. The summed E-state index contributed by atoms with van der Waals surface area (Å²) in [5, 5.41) is 0. The SMILES string of the molecule is CC(C)c1ccc2c(c1)Oc1ncccc1C2. The summed E-state index contributed by atoms with van der Waals surface area (Å²) in [4.78, 5) is 4.27. The maximum absolute atomic E-state index is 5.86. The Bertz CT molecular complexity index is 561. The molecule has 17 heavy (non-hydrogen) atoms. The number of pyridine rings is 1. The van der Waals surface area contributed by atoms with Crippen LogP contribution in [0.4, 0.5) is 0 Å². The van der Waals surface area contributed by atoms with Crippen LogP contribution in [0.2, 0.25) is 0 Å². The summed E-state index contributed by atoms with van der Waals surface area (Å²) in [6.07, 6.45) is 2.69. The molecule has 0 spiro atoms. The monoisotopic (exact) mass is 225 g/mol. The molecule has 0 amide bonds. The minimum absolute atomic E-state index is 0.522. The quantitative estimate of drug-likeness (QED) is 0.626. The van der Waals surface area contributed by atoms with Gasteiger partial charge in [0.25, 0.3) is 0 Å². The fourth-order valence-corrected chi connectivity index (χ4v) is 2.13. The molecule has 2 aromatic rings. The van der Waals surface area contributed by atoms with Crippen LogP contribution in [0.15, 0.2) is 36.5 Å². The maximum atomic E-state index is 5.86. The summed E-state index contributed by atoms with van der Waals surface area (Å²) in [5.41, 5.74) is 3.72. The van der Waals surface area contributed by atoms with Crippen molar-refractivity contribution in [2.24, 2.45) is 0 Å². The molecular weight excluding hydrogens is 210 g/mol. The Hall–Kier alpha value is -1.83. The number of fused-ring (bicyclic) bond motifs is 2. The molecule has 0 N–H and O–H groups in total. The van der Waals surface area contributed by atoms with Crippen molar-refractivity contribution in [2.75, 3.05) is 0 Å². The Balaban J connectivity index is 2.03. The first-order valence-corrected chi connectivity index (χ1v) is 5.98. The van der Waals surface area contributed by atoms with Gasteiger partial charge >= 0.3 is 0 Å². The third-order valence-corrected chi connectivity index (χ3v) is 3.20. The predicted octanol–water partition coefficient (Wildman–Crippen LogP) is 3.90. The van der Waals surface area contributed by atoms with Crippen LogP contribution in [0.3, 0.4) is 0 Å². The number of rotatable bonds is 1. The average molecular weight is 225 g/mol. The van der Waals surface area contributed by atoms with Crippen molar-refractivity contribution in [3.05, 3.63) is 53.2 Å². The lowest BCUT2D eigenvalue weighted by molar-refractivity contribution is 0.439. The van der Waals surface area contributed by atoms with Crippen molar-refractivity contribution >= 4 is 0 Å². The number of nitrogens with zero attached hydrogens (tertiary/aromatic N) is 1. The van der Waals surface area contributed by atoms with Gasteiger partial charge in [0.05, 0.1) is 0 Å². The van der Waals surface area contributed by atoms with Crippen LogP contribution in [0, 0.1) is 0 Å². The van der Waals surface area contributed by atoms with Gasteiger partial charge in [0.2, 0.25) is 5.88 Å². The Morgan fingerprint density at radius 2 is 2.06 bits per heavy atom. The first kappa shape index (κ1) is 10.3. The van der Waals surface area contributed by atoms with E-state index in [1.807, 2.05) is 6.07 Å². The molecule has 0 bridgehead atoms. The van der Waals surface area contributed by atoms with Crippen molar-refractivity contribution < 1.29 is 4.74 Å². The van der Waals surface area contributed by atoms with Crippen molar-refractivity contribution in [3.63, 3.8) is 0 Å². The van der Waals surface area contributed by atoms with Crippen molar-refractivity contribution in [1.82, 2.24) is 4.98 Å². The van der Waals surface area contributed by atoms with Gasteiger partial charge in [-0.25, -0.2) is 4.98 Å². The summed E-state index contributed by atoms with van der Waals surface area (Å²) in [6.45, 7) is 4.38. The Morgan fingerprint density at radius 1 is 1.18 bits per heavy atom. The van der Waals surface area contributed by atoms with Crippen LogP contribution < -0.4 is 4.74 Å². The van der Waals surface area contributed by atoms with Crippen LogP contribution in [0.25, 0.3) is 0 Å². The second-order valence-electron chi connectivity index (χ2n) is 4.77. The van der Waals surface area contributed by atoms with E-state index in [0.29, 0.717) is 5.92 Å². The molecule has 1 aromatic carbocycles. The lowest BCUT2D eigenvalue weighted by atomic mass is 9.97. The number of hydrogen-bond acceptors (Lipinski definition) is 2. The normalized spacial score (nSPS) is 12.9. The second-order valence-corrected chi connectivity index (χ2v) is 4.77. The highest BCUT2D eigenvalue weighted by Gasteiger charge is 2.18. The first-order valence-electron chi connectivity index (χ1n) is 5.98. The number of aromatic nitrogens is 1. The van der Waals surface area contributed by atoms with Crippen LogP contribution >= 0.6 is 0 Å². The molecule has 3 rings (SSSR count). The zero-order valence-electron chi connectivity index (χ0n) is 10.1. The number of hydrogen-bond donors (Lipinski definition) is 0. The van der Waals surface area contributed by atoms with E-state index in [2.05, 4.69) is 43.1 Å². The van der Waals surface area contributed by atoms with Gasteiger partial charge in [-0.15, -0.1) is 0 Å². The molecule has 2 heterocycles. The molecule has 0 saturated heterocycles. The summed E-state index contributed by atoms with van der Waals surface area (Å²) in [7, 11) is 0. The topological polar surface area (TPSA) is 22.1 Å². The van der Waals surface area contributed by atoms with Crippen LogP contribution in [0.1, 0.15) is 36.5 Å². The van der Waals surface area contributed by atoms with Crippen LogP contribution in [-0.2, 0) is 6.42 Å². The average Bonchev–Trinajstić information content (AvgIpc) is 2.35. The first-order chi connectivity index (χ1) is 8.24. The molecule has 86 valence electrons. The molecule has 1 aliphatic rings. The molecule has 2 nitrogen and oxygen atoms in total. The number of ether oxygens (including phenoxy) is 1. The molecule has 0 aliphatic carbocycles. The summed E-state index contributed by atoms with van der Waals surface area (Å²) >= 11 is 0. The Kier molecular flexibility index (Phi) is 2.36. The van der Waals surface area contributed by atoms with Crippen LogP contribution in [-0.4, -0.2) is 4.98 Å². The van der Waals surface area contributed by atoms with E-state index in [9.17, 15) is 0 Å². The summed E-state index contributed by atoms with van der Waals surface area (Å²) in [5.74, 6) is 2.23. The summed E-state index contributed by atoms with van der Waals surface area (Å²) < 4.78 is 5.86. The predicted molar refractivity (Wildman–Crippen MR) is 67.6 cm³/mol. The lowest BCUT2D eigenvalue weighted by Crippen LogP contribution is -2.05. The highest BCUT2D eigenvalue weighted by Crippen LogP contribution is 2.36. The fraction of sp³-hybridized carbons (Fsp3) is 0.267. The largest absolute Gasteiger partial charge is 0.438 e. The minimum Gasteiger partial charge on any atom is -0.438 e. The lowest BCUT2D eigenvalue weighted by Gasteiger charge is -2.20. The third-order valence-electron chi connectivity index (χ3n) is 3.20. The van der Waals surface area contributed by atoms with Gasteiger partial charge in [-0.2, -0.15) is 0 Å². The molecule has 0 atom stereocenters. The standard InChI is InChI=1S/C15H15NO/c1-10(2)11-5-6-12-8-13-4-3-7-16-15(13)17-14(12)9-11/h3-7,9-10H,8H2,1-2H3. The minimum atomic E-state index is 0.522. The highest BCUT2D eigenvalue weighted by molar-refractivity contribution is 5.48. The van der Waals surface area contributed by atoms with Gasteiger partial charge in [-0.3, -0.25) is 0 Å². The Morgan fingerprint density at radius 3 is 2.88 bits per heavy atom. The van der Waals surface area contributed by atoms with Gasteiger partial charge in [0.15, 0.2) is 0 Å². The fourth-order valence-electron chi connectivity index (χ4n) is 2.13. The maximum Gasteiger partial charge on any atom is 0.222 e. The van der Waals surface area contributed by atoms with E-state index in [0.717, 1.165) is 23.6 Å². The van der Waals surface area contributed by atoms with Crippen molar-refractivity contribution in [2.45, 2.75) is 26.2 Å². The molecule has 0 unspecified atom stereocenters. The molecule has 0 fully saturated rings. The van der Waals surface area contributed by atoms with Crippen LogP contribution in [0.5, 0.6) is 11.6 Å². The smallest absolute Gasteiger partial charge is 0.222 e. The van der Waals surface area contributed by atoms with E-state index >= 15 is 0 Å². The van der Waals surface area contributed by atoms with Gasteiger partial charge in [0.1, 0.15) is 5.75 Å². The molecule has 0 radical (unpaired) electrons. The highest BCUT2D eigenvalue weighted by atomic mass is 16.5. The van der Waals surface area contributed by atoms with Crippen molar-refractivity contribution in [1.29, 1.82) is 0 Å². The molecule has 2 heteroatoms. The van der Waals surface area contributed by atoms with Gasteiger partial charge < -0.3 is 4.74 Å². The zero-order chi connectivity index (χ0) is 11.8. The molecule has 0 saturated carbocycles. The number of benzene rings is 1. The van der Waals surface area contributed by atoms with E-state index in [1.54, 1.807) is 6.20 Å². The van der Waals surface area contributed by atoms with E-state index in [1.165, 1.54) is 11.1 Å². The second kappa shape index (κ2) is 3.88. The van der Waals surface area contributed by atoms with E-state index in [4.69, 9.17) is 4.74 Å². The molecule has 1 aliphatic heterocycles. The van der Waals surface area contributed by atoms with E-state index in [-0.39, 0.29) is 0 Å². The van der Waals surface area contributed by atoms with Gasteiger partial charge in [-0.1, -0.05) is 32.0 Å². The van der Waals surface area contributed by atoms with Crippen molar-refractivity contribution in [3.8, 4) is 11.6 Å². The van der Waals surface area contributed by atoms with E-state index < -0.39 is 0 Å². The Labute approximate surface area is 101 Å². The molecular formula is C15H15NO. The van der Waals surface area contributed by atoms with Gasteiger partial charge in [-0.05, 0) is 29.2 Å². The zero-order valence-corrected chi connectivity index (χ0v) is 10.1.